The fourth-order valence-electron chi connectivity index (χ4n) is 5.01. The van der Waals surface area contributed by atoms with E-state index in [4.69, 9.17) is 9.73 Å². The molecule has 1 aliphatic heterocycles. The van der Waals surface area contributed by atoms with Crippen LogP contribution in [-0.2, 0) is 29.0 Å². The lowest BCUT2D eigenvalue weighted by molar-refractivity contribution is -0.125. The van der Waals surface area contributed by atoms with Crippen LogP contribution in [0.2, 0.25) is 0 Å². The van der Waals surface area contributed by atoms with E-state index in [1.807, 2.05) is 31.2 Å². The molecule has 0 bridgehead atoms. The highest BCUT2D eigenvalue weighted by molar-refractivity contribution is 6.10. The van der Waals surface area contributed by atoms with Gasteiger partial charge >= 0.3 is 6.09 Å². The summed E-state index contributed by atoms with van der Waals surface area (Å²) in [6.07, 6.45) is 10.9. The molecule has 0 saturated carbocycles. The maximum atomic E-state index is 13.7. The molecule has 1 aliphatic carbocycles. The van der Waals surface area contributed by atoms with Gasteiger partial charge in [-0.15, -0.1) is 0 Å². The summed E-state index contributed by atoms with van der Waals surface area (Å²) >= 11 is 0. The summed E-state index contributed by atoms with van der Waals surface area (Å²) in [5.74, 6) is -1.02. The van der Waals surface area contributed by atoms with E-state index < -0.39 is 23.3 Å². The summed E-state index contributed by atoms with van der Waals surface area (Å²) in [6.45, 7) is 8.27. The van der Waals surface area contributed by atoms with Gasteiger partial charge in [0.2, 0.25) is 5.91 Å². The van der Waals surface area contributed by atoms with Gasteiger partial charge in [-0.1, -0.05) is 30.4 Å². The number of rotatable bonds is 10. The third-order valence-corrected chi connectivity index (χ3v) is 7.08. The molecule has 0 spiro atoms. The topological polar surface area (TPSA) is 105 Å². The van der Waals surface area contributed by atoms with Crippen LogP contribution < -0.4 is 16.0 Å². The average molecular weight is 562 g/mol. The lowest BCUT2D eigenvalue weighted by Gasteiger charge is -2.36. The van der Waals surface area contributed by atoms with Crippen molar-refractivity contribution < 1.29 is 18.7 Å². The third-order valence-electron chi connectivity index (χ3n) is 7.08. The van der Waals surface area contributed by atoms with Gasteiger partial charge < -0.3 is 15.4 Å². The molecule has 218 valence electrons. The summed E-state index contributed by atoms with van der Waals surface area (Å²) in [6, 6.07) is 10.2. The second-order valence-electron chi connectivity index (χ2n) is 11.6. The minimum Gasteiger partial charge on any atom is -0.444 e. The van der Waals surface area contributed by atoms with E-state index >= 15 is 0 Å². The molecule has 2 atom stereocenters. The second-order valence-corrected chi connectivity index (χ2v) is 11.6. The first-order valence-corrected chi connectivity index (χ1v) is 14.2. The van der Waals surface area contributed by atoms with Crippen molar-refractivity contribution in [1.29, 1.82) is 0 Å². The molecule has 2 heterocycles. The molecule has 1 aromatic heterocycles. The highest BCUT2D eigenvalue weighted by Crippen LogP contribution is 2.30. The molecule has 8 nitrogen and oxygen atoms in total. The van der Waals surface area contributed by atoms with Gasteiger partial charge in [0.15, 0.2) is 0 Å². The minimum atomic E-state index is -0.888. The number of dihydropyridines is 1. The number of allylic oxidation sites excluding steroid dienone is 3. The Balaban J connectivity index is 1.43. The van der Waals surface area contributed by atoms with E-state index in [-0.39, 0.29) is 24.8 Å². The molecule has 0 radical (unpaired) electrons. The van der Waals surface area contributed by atoms with Crippen molar-refractivity contribution in [3.05, 3.63) is 89.0 Å². The number of aliphatic imine (C=N–C) groups is 1. The maximum Gasteiger partial charge on any atom is 0.407 e. The van der Waals surface area contributed by atoms with Crippen LogP contribution >= 0.6 is 0 Å². The van der Waals surface area contributed by atoms with Gasteiger partial charge in [-0.25, -0.2) is 9.18 Å². The molecule has 41 heavy (non-hydrogen) atoms. The Morgan fingerprint density at radius 2 is 1.98 bits per heavy atom. The summed E-state index contributed by atoms with van der Waals surface area (Å²) in [7, 11) is 0. The number of nitrogens with zero attached hydrogens (tertiary/aromatic N) is 2. The second kappa shape index (κ2) is 13.2. The van der Waals surface area contributed by atoms with Crippen molar-refractivity contribution in [3.63, 3.8) is 0 Å². The van der Waals surface area contributed by atoms with Crippen LogP contribution in [0.4, 0.5) is 9.18 Å². The van der Waals surface area contributed by atoms with E-state index in [9.17, 15) is 14.0 Å². The molecule has 9 heteroatoms. The summed E-state index contributed by atoms with van der Waals surface area (Å²) < 4.78 is 19.0. The van der Waals surface area contributed by atoms with Gasteiger partial charge in [0.05, 0.1) is 23.9 Å². The smallest absolute Gasteiger partial charge is 0.407 e. The standard InChI is InChI=1S/C32H40FN5O3/c1-31(2,3)41-30(40)36-21-28-24(12-8-17-34-28)20-35-29(39)26-14-15-27(23-10-5-6-11-23)38-32(26,4)37-18-16-22-9-7-13-25(33)19-22/h7-10,12-15,17,19,26,37H,5-6,11,16,18,20-21H2,1-4H3,(H,35,39)(H,36,40). The van der Waals surface area contributed by atoms with Crippen LogP contribution in [0.25, 0.3) is 0 Å². The monoisotopic (exact) mass is 561 g/mol. The normalized spacial score (nSPS) is 20.3. The number of amides is 2. The molecule has 4 rings (SSSR count). The Bertz CT molecular complexity index is 1350. The zero-order valence-electron chi connectivity index (χ0n) is 24.3. The summed E-state index contributed by atoms with van der Waals surface area (Å²) in [5, 5.41) is 9.26. The van der Waals surface area contributed by atoms with Crippen molar-refractivity contribution in [2.75, 3.05) is 6.54 Å². The van der Waals surface area contributed by atoms with Crippen molar-refractivity contribution >= 4 is 17.7 Å². The molecule has 2 aromatic rings. The van der Waals surface area contributed by atoms with Crippen LogP contribution in [-0.4, -0.2) is 40.5 Å². The number of aromatic nitrogens is 1. The van der Waals surface area contributed by atoms with Crippen LogP contribution in [0.15, 0.2) is 71.4 Å². The zero-order valence-corrected chi connectivity index (χ0v) is 24.3. The van der Waals surface area contributed by atoms with Crippen molar-refractivity contribution in [2.24, 2.45) is 10.9 Å². The van der Waals surface area contributed by atoms with Gasteiger partial charge in [0.1, 0.15) is 17.1 Å². The highest BCUT2D eigenvalue weighted by Gasteiger charge is 2.39. The number of benzene rings is 1. The number of hydrogen-bond acceptors (Lipinski definition) is 6. The molecule has 2 unspecified atom stereocenters. The summed E-state index contributed by atoms with van der Waals surface area (Å²) in [4.78, 5) is 35.1. The number of carbonyl (C=O) groups excluding carboxylic acids is 2. The van der Waals surface area contributed by atoms with E-state index in [1.54, 1.807) is 39.1 Å². The van der Waals surface area contributed by atoms with E-state index in [0.717, 1.165) is 36.1 Å². The Hall–Kier alpha value is -3.85. The number of hydrogen-bond donors (Lipinski definition) is 3. The molecule has 0 fully saturated rings. The Labute approximate surface area is 241 Å². The fourth-order valence-corrected chi connectivity index (χ4v) is 5.01. The number of alkyl carbamates (subject to hydrolysis) is 1. The quantitative estimate of drug-likeness (QED) is 0.372. The van der Waals surface area contributed by atoms with Crippen LogP contribution in [0, 0.1) is 11.7 Å². The Morgan fingerprint density at radius 1 is 1.15 bits per heavy atom. The highest BCUT2D eigenvalue weighted by atomic mass is 19.1. The lowest BCUT2D eigenvalue weighted by Crippen LogP contribution is -2.54. The molecule has 3 N–H and O–H groups in total. The maximum absolute atomic E-state index is 13.7. The molecule has 0 saturated heterocycles. The number of carbonyl (C=O) groups is 2. The minimum absolute atomic E-state index is 0.173. The number of halogens is 1. The van der Waals surface area contributed by atoms with E-state index in [1.165, 1.54) is 17.7 Å². The van der Waals surface area contributed by atoms with Crippen LogP contribution in [0.3, 0.4) is 0 Å². The van der Waals surface area contributed by atoms with E-state index in [2.05, 4.69) is 27.0 Å². The van der Waals surface area contributed by atoms with Crippen molar-refractivity contribution in [3.8, 4) is 0 Å². The number of nitrogens with one attached hydrogen (secondary N) is 3. The molecule has 1 aromatic carbocycles. The average Bonchev–Trinajstić information content (AvgIpc) is 3.45. The first-order valence-electron chi connectivity index (χ1n) is 14.2. The van der Waals surface area contributed by atoms with Crippen molar-refractivity contribution in [2.45, 2.75) is 77.7 Å². The fraction of sp³-hybridized carbons (Fsp3) is 0.438. The van der Waals surface area contributed by atoms with E-state index in [0.29, 0.717) is 18.7 Å². The molecule has 2 aliphatic rings. The van der Waals surface area contributed by atoms with Crippen LogP contribution in [0.1, 0.15) is 63.8 Å². The van der Waals surface area contributed by atoms with Gasteiger partial charge in [-0.05, 0) is 94.4 Å². The Kier molecular flexibility index (Phi) is 9.70. The molecule has 2 amide bonds. The van der Waals surface area contributed by atoms with Crippen LogP contribution in [0.5, 0.6) is 0 Å². The third kappa shape index (κ3) is 8.57. The van der Waals surface area contributed by atoms with Gasteiger partial charge in [0.25, 0.3) is 0 Å². The lowest BCUT2D eigenvalue weighted by atomic mass is 9.88. The number of pyridine rings is 1. The largest absolute Gasteiger partial charge is 0.444 e. The predicted octanol–water partition coefficient (Wildman–Crippen LogP) is 5.15. The first kappa shape index (κ1) is 30.1. The Morgan fingerprint density at radius 3 is 2.71 bits per heavy atom. The SMILES string of the molecule is CC(C)(C)OC(=O)NCc1ncccc1CNC(=O)C1C=CC(C2=CCCC2)=NC1(C)NCCc1cccc(F)c1. The summed E-state index contributed by atoms with van der Waals surface area (Å²) in [5.41, 5.74) is 2.92. The van der Waals surface area contributed by atoms with Gasteiger partial charge in [-0.3, -0.25) is 20.1 Å². The zero-order chi connectivity index (χ0) is 29.5. The van der Waals surface area contributed by atoms with Gasteiger partial charge in [0, 0.05) is 19.3 Å². The molecular weight excluding hydrogens is 521 g/mol. The number of ether oxygens (including phenoxy) is 1. The first-order chi connectivity index (χ1) is 19.5. The molecular formula is C32H40FN5O3. The predicted molar refractivity (Wildman–Crippen MR) is 158 cm³/mol. The van der Waals surface area contributed by atoms with Crippen molar-refractivity contribution in [1.82, 2.24) is 20.9 Å². The van der Waals surface area contributed by atoms with Gasteiger partial charge in [-0.2, -0.15) is 0 Å².